The zero-order chi connectivity index (χ0) is 38.6. The Morgan fingerprint density at radius 2 is 0.661 bits per heavy atom. The SMILES string of the molecule is c1cc2ccc3ccc(-c4ccc(-c5ccc(-c6ccc(-c7ccc8ccc9cccc%10ccc7c8c9%10)cc6)c(-c6csc7ccccc67)c5)cc4)c4ccc(c1)c2c34. The van der Waals surface area contributed by atoms with Gasteiger partial charge in [-0.05, 0) is 132 Å². The lowest BCUT2D eigenvalue weighted by Crippen LogP contribution is -1.89. The minimum absolute atomic E-state index is 1.21. The van der Waals surface area contributed by atoms with Crippen molar-refractivity contribution in [2.45, 2.75) is 0 Å². The lowest BCUT2D eigenvalue weighted by atomic mass is 9.88. The highest BCUT2D eigenvalue weighted by atomic mass is 32.1. The molecule has 0 aliphatic carbocycles. The van der Waals surface area contributed by atoms with Crippen molar-refractivity contribution in [2.75, 3.05) is 0 Å². The maximum Gasteiger partial charge on any atom is 0.0349 e. The summed E-state index contributed by atoms with van der Waals surface area (Å²) in [5.41, 5.74) is 12.4. The first-order valence-electron chi connectivity index (χ1n) is 20.4. The highest BCUT2D eigenvalue weighted by molar-refractivity contribution is 7.17. The number of thiophene rings is 1. The molecule has 0 unspecified atom stereocenters. The molecule has 0 nitrogen and oxygen atoms in total. The largest absolute Gasteiger partial charge is 0.143 e. The fourth-order valence-electron chi connectivity index (χ4n) is 10.0. The molecule has 0 saturated heterocycles. The molecule has 0 fully saturated rings. The number of hydrogen-bond acceptors (Lipinski definition) is 1. The average molecular weight is 763 g/mol. The van der Waals surface area contributed by atoms with Crippen molar-refractivity contribution in [3.63, 3.8) is 0 Å². The standard InChI is InChI=1S/C58H34S/c1-2-10-54-49(9-1)53(34-59-54)52-33-45(35-11-13-36(14-12-35)46-28-23-43-21-19-39-5-3-7-41-25-31-50(46)57(43)55(39)41)27-30-48(52)38-17-15-37(16-18-38)47-29-24-44-22-20-40-6-4-8-42-26-32-51(47)58(44)56(40)42/h1-34H. The quantitative estimate of drug-likeness (QED) is 0.153. The van der Waals surface area contributed by atoms with Crippen LogP contribution in [0.5, 0.6) is 0 Å². The van der Waals surface area contributed by atoms with E-state index in [-0.39, 0.29) is 0 Å². The Bertz CT molecular complexity index is 3720. The van der Waals surface area contributed by atoms with Gasteiger partial charge in [-0.2, -0.15) is 0 Å². The van der Waals surface area contributed by atoms with Crippen molar-refractivity contribution in [1.29, 1.82) is 0 Å². The Balaban J connectivity index is 0.907. The van der Waals surface area contributed by atoms with E-state index in [0.29, 0.717) is 0 Å². The molecule has 0 aliphatic rings. The summed E-state index contributed by atoms with van der Waals surface area (Å²) in [6.45, 7) is 0. The molecule has 1 heterocycles. The molecule has 0 spiro atoms. The molecule has 0 amide bonds. The first-order valence-corrected chi connectivity index (χ1v) is 21.3. The van der Waals surface area contributed by atoms with Gasteiger partial charge in [0.2, 0.25) is 0 Å². The van der Waals surface area contributed by atoms with Gasteiger partial charge in [0.05, 0.1) is 0 Å². The lowest BCUT2D eigenvalue weighted by Gasteiger charge is -2.16. The molecule has 13 aromatic rings. The van der Waals surface area contributed by atoms with Gasteiger partial charge in [0, 0.05) is 15.6 Å². The van der Waals surface area contributed by atoms with Gasteiger partial charge in [-0.3, -0.25) is 0 Å². The van der Waals surface area contributed by atoms with E-state index >= 15 is 0 Å². The minimum atomic E-state index is 1.21. The van der Waals surface area contributed by atoms with E-state index in [9.17, 15) is 0 Å². The lowest BCUT2D eigenvalue weighted by molar-refractivity contribution is 1.58. The highest BCUT2D eigenvalue weighted by Gasteiger charge is 2.17. The molecule has 0 N–H and O–H groups in total. The number of hydrogen-bond donors (Lipinski definition) is 0. The van der Waals surface area contributed by atoms with Gasteiger partial charge in [0.15, 0.2) is 0 Å². The third kappa shape index (κ3) is 4.96. The van der Waals surface area contributed by atoms with Crippen LogP contribution in [0.25, 0.3) is 130 Å². The number of benzene rings is 12. The van der Waals surface area contributed by atoms with Crippen LogP contribution in [-0.2, 0) is 0 Å². The summed E-state index contributed by atoms with van der Waals surface area (Å²) in [5.74, 6) is 0. The second-order valence-corrected chi connectivity index (χ2v) is 16.9. The third-order valence-electron chi connectivity index (χ3n) is 12.9. The maximum absolute atomic E-state index is 2.41. The molecule has 13 rings (SSSR count). The molecule has 0 atom stereocenters. The van der Waals surface area contributed by atoms with Crippen LogP contribution < -0.4 is 0 Å². The summed E-state index contributed by atoms with van der Waals surface area (Å²) >= 11 is 1.82. The zero-order valence-corrected chi connectivity index (χ0v) is 32.9. The predicted octanol–water partition coefficient (Wildman–Crippen LogP) is 17.0. The van der Waals surface area contributed by atoms with E-state index in [0.717, 1.165) is 0 Å². The summed E-state index contributed by atoms with van der Waals surface area (Å²) in [6.07, 6.45) is 0. The molecule has 0 aliphatic heterocycles. The van der Waals surface area contributed by atoms with Crippen molar-refractivity contribution in [2.24, 2.45) is 0 Å². The Morgan fingerprint density at radius 1 is 0.237 bits per heavy atom. The van der Waals surface area contributed by atoms with Crippen LogP contribution in [0.2, 0.25) is 0 Å². The molecule has 0 saturated carbocycles. The van der Waals surface area contributed by atoms with E-state index in [4.69, 9.17) is 0 Å². The summed E-state index contributed by atoms with van der Waals surface area (Å²) < 4.78 is 1.31. The predicted molar refractivity (Wildman–Crippen MR) is 256 cm³/mol. The van der Waals surface area contributed by atoms with Crippen molar-refractivity contribution in [3.8, 4) is 55.6 Å². The maximum atomic E-state index is 2.41. The smallest absolute Gasteiger partial charge is 0.0349 e. The first-order chi connectivity index (χ1) is 29.2. The molecular weight excluding hydrogens is 729 g/mol. The Hall–Kier alpha value is -7.32. The topological polar surface area (TPSA) is 0 Å². The number of fused-ring (bicyclic) bond motifs is 1. The van der Waals surface area contributed by atoms with E-state index in [1.165, 1.54) is 130 Å². The molecule has 59 heavy (non-hydrogen) atoms. The van der Waals surface area contributed by atoms with Gasteiger partial charge in [0.25, 0.3) is 0 Å². The van der Waals surface area contributed by atoms with Crippen molar-refractivity contribution in [1.82, 2.24) is 0 Å². The molecule has 0 bridgehead atoms. The second kappa shape index (κ2) is 12.6. The van der Waals surface area contributed by atoms with Crippen molar-refractivity contribution >= 4 is 86.1 Å². The highest BCUT2D eigenvalue weighted by Crippen LogP contribution is 2.44. The van der Waals surface area contributed by atoms with E-state index in [1.54, 1.807) is 0 Å². The third-order valence-corrected chi connectivity index (χ3v) is 13.8. The van der Waals surface area contributed by atoms with Gasteiger partial charge in [-0.15, -0.1) is 11.3 Å². The van der Waals surface area contributed by atoms with Crippen LogP contribution in [0.4, 0.5) is 0 Å². The first kappa shape index (κ1) is 32.7. The molecule has 1 heteroatoms. The van der Waals surface area contributed by atoms with Crippen molar-refractivity contribution in [3.05, 3.63) is 206 Å². The van der Waals surface area contributed by atoms with Crippen LogP contribution in [0.1, 0.15) is 0 Å². The molecule has 0 radical (unpaired) electrons. The molecular formula is C58H34S. The monoisotopic (exact) mass is 762 g/mol. The molecule has 272 valence electrons. The van der Waals surface area contributed by atoms with Gasteiger partial charge in [-0.25, -0.2) is 0 Å². The van der Waals surface area contributed by atoms with E-state index in [2.05, 4.69) is 206 Å². The summed E-state index contributed by atoms with van der Waals surface area (Å²) in [5, 5.41) is 19.4. The summed E-state index contributed by atoms with van der Waals surface area (Å²) in [4.78, 5) is 0. The van der Waals surface area contributed by atoms with Gasteiger partial charge in [0.1, 0.15) is 0 Å². The molecule has 1 aromatic heterocycles. The van der Waals surface area contributed by atoms with Gasteiger partial charge in [-0.1, -0.05) is 188 Å². The summed E-state index contributed by atoms with van der Waals surface area (Å²) in [6, 6.07) is 74.8. The minimum Gasteiger partial charge on any atom is -0.143 e. The van der Waals surface area contributed by atoms with Crippen LogP contribution in [0, 0.1) is 0 Å². The fourth-order valence-corrected chi connectivity index (χ4v) is 11.0. The van der Waals surface area contributed by atoms with Crippen LogP contribution >= 0.6 is 11.3 Å². The van der Waals surface area contributed by atoms with E-state index in [1.807, 2.05) is 11.3 Å². The normalized spacial score (nSPS) is 12.1. The molecule has 12 aromatic carbocycles. The Morgan fingerprint density at radius 3 is 1.22 bits per heavy atom. The van der Waals surface area contributed by atoms with E-state index < -0.39 is 0 Å². The average Bonchev–Trinajstić information content (AvgIpc) is 3.74. The van der Waals surface area contributed by atoms with Gasteiger partial charge < -0.3 is 0 Å². The zero-order valence-electron chi connectivity index (χ0n) is 32.0. The number of rotatable bonds is 5. The van der Waals surface area contributed by atoms with Crippen LogP contribution in [0.15, 0.2) is 206 Å². The fraction of sp³-hybridized carbons (Fsp3) is 0. The summed E-state index contributed by atoms with van der Waals surface area (Å²) in [7, 11) is 0. The Labute approximate surface area is 345 Å². The Kier molecular flexibility index (Phi) is 6.98. The van der Waals surface area contributed by atoms with Gasteiger partial charge >= 0.3 is 0 Å². The van der Waals surface area contributed by atoms with Crippen LogP contribution in [-0.4, -0.2) is 0 Å². The van der Waals surface area contributed by atoms with Crippen molar-refractivity contribution < 1.29 is 0 Å². The second-order valence-electron chi connectivity index (χ2n) is 16.0. The van der Waals surface area contributed by atoms with Crippen LogP contribution in [0.3, 0.4) is 0 Å².